The van der Waals surface area contributed by atoms with Gasteiger partial charge in [-0.25, -0.2) is 9.78 Å². The zero-order valence-corrected chi connectivity index (χ0v) is 12.2. The Morgan fingerprint density at radius 2 is 2.14 bits per heavy atom. The molecule has 0 spiro atoms. The molecule has 0 aromatic carbocycles. The number of nitrogens with zero attached hydrogens (tertiary/aromatic N) is 2. The maximum absolute atomic E-state index is 11.9. The Morgan fingerprint density at radius 1 is 1.29 bits per heavy atom. The van der Waals surface area contributed by atoms with E-state index in [0.29, 0.717) is 12.6 Å². The molecule has 2 heterocycles. The normalized spacial score (nSPS) is 16.0. The van der Waals surface area contributed by atoms with E-state index in [1.165, 1.54) is 19.3 Å². The number of imidazole rings is 1. The fourth-order valence-corrected chi connectivity index (χ4v) is 2.96. The molecule has 0 saturated heterocycles. The average Bonchev–Trinajstić information content (AvgIpc) is 2.92. The van der Waals surface area contributed by atoms with Crippen LogP contribution in [0.5, 0.6) is 0 Å². The van der Waals surface area contributed by atoms with Gasteiger partial charge in [0.25, 0.3) is 0 Å². The highest BCUT2D eigenvalue weighted by Gasteiger charge is 2.15. The first-order chi connectivity index (χ1) is 10.3. The van der Waals surface area contributed by atoms with E-state index in [0.717, 1.165) is 30.6 Å². The zero-order valence-electron chi connectivity index (χ0n) is 12.2. The molecule has 2 aromatic heterocycles. The molecule has 5 heteroatoms. The molecule has 5 nitrogen and oxygen atoms in total. The molecule has 3 rings (SSSR count). The second-order valence-corrected chi connectivity index (χ2v) is 5.66. The maximum Gasteiger partial charge on any atom is 0.315 e. The van der Waals surface area contributed by atoms with Crippen LogP contribution in [0.15, 0.2) is 30.6 Å². The van der Waals surface area contributed by atoms with E-state index < -0.39 is 0 Å². The molecule has 2 amide bonds. The van der Waals surface area contributed by atoms with Crippen molar-refractivity contribution in [2.45, 2.75) is 44.6 Å². The second kappa shape index (κ2) is 6.61. The van der Waals surface area contributed by atoms with Crippen LogP contribution in [0, 0.1) is 0 Å². The Morgan fingerprint density at radius 3 is 3.00 bits per heavy atom. The van der Waals surface area contributed by atoms with Crippen LogP contribution in [-0.2, 0) is 6.42 Å². The number of hydrogen-bond acceptors (Lipinski definition) is 2. The molecule has 0 radical (unpaired) electrons. The van der Waals surface area contributed by atoms with E-state index >= 15 is 0 Å². The summed E-state index contributed by atoms with van der Waals surface area (Å²) in [4.78, 5) is 16.3. The highest BCUT2D eigenvalue weighted by Crippen LogP contribution is 2.17. The first-order valence-electron chi connectivity index (χ1n) is 7.78. The van der Waals surface area contributed by atoms with Gasteiger partial charge >= 0.3 is 6.03 Å². The van der Waals surface area contributed by atoms with E-state index in [2.05, 4.69) is 20.0 Å². The minimum absolute atomic E-state index is 0.0530. The molecule has 0 bridgehead atoms. The molecule has 0 atom stereocenters. The number of carbonyl (C=O) groups excluding carboxylic acids is 1. The van der Waals surface area contributed by atoms with Gasteiger partial charge < -0.3 is 15.0 Å². The second-order valence-electron chi connectivity index (χ2n) is 5.66. The molecule has 112 valence electrons. The minimum atomic E-state index is -0.0530. The molecule has 1 aliphatic rings. The van der Waals surface area contributed by atoms with Gasteiger partial charge in [0, 0.05) is 25.2 Å². The Labute approximate surface area is 124 Å². The third-order valence-corrected chi connectivity index (χ3v) is 4.09. The van der Waals surface area contributed by atoms with E-state index in [9.17, 15) is 4.79 Å². The van der Waals surface area contributed by atoms with Crippen LogP contribution in [0.2, 0.25) is 0 Å². The molecular formula is C16H22N4O. The summed E-state index contributed by atoms with van der Waals surface area (Å²) in [6.45, 7) is 0.604. The van der Waals surface area contributed by atoms with Crippen LogP contribution in [-0.4, -0.2) is 28.0 Å². The van der Waals surface area contributed by atoms with Crippen molar-refractivity contribution >= 4 is 11.5 Å². The van der Waals surface area contributed by atoms with Crippen LogP contribution in [0.1, 0.15) is 37.9 Å². The predicted octanol–water partition coefficient (Wildman–Crippen LogP) is 2.51. The van der Waals surface area contributed by atoms with Gasteiger partial charge in [-0.1, -0.05) is 25.3 Å². The van der Waals surface area contributed by atoms with Gasteiger partial charge in [-0.15, -0.1) is 0 Å². The molecule has 2 N–H and O–H groups in total. The molecule has 2 aromatic rings. The topological polar surface area (TPSA) is 58.4 Å². The van der Waals surface area contributed by atoms with Crippen LogP contribution in [0.3, 0.4) is 0 Å². The lowest BCUT2D eigenvalue weighted by atomic mass is 9.96. The lowest BCUT2D eigenvalue weighted by molar-refractivity contribution is 0.232. The van der Waals surface area contributed by atoms with Crippen molar-refractivity contribution in [2.75, 3.05) is 6.54 Å². The molecule has 1 aliphatic carbocycles. The molecule has 1 saturated carbocycles. The van der Waals surface area contributed by atoms with E-state index in [1.54, 1.807) is 0 Å². The summed E-state index contributed by atoms with van der Waals surface area (Å²) >= 11 is 0. The number of hydrogen-bond donors (Lipinski definition) is 2. The zero-order chi connectivity index (χ0) is 14.5. The molecular weight excluding hydrogens is 264 g/mol. The van der Waals surface area contributed by atoms with Gasteiger partial charge in [0.05, 0.1) is 11.7 Å². The summed E-state index contributed by atoms with van der Waals surface area (Å²) in [7, 11) is 0. The Bertz CT molecular complexity index is 601. The average molecular weight is 286 g/mol. The van der Waals surface area contributed by atoms with Gasteiger partial charge in [0.1, 0.15) is 5.82 Å². The van der Waals surface area contributed by atoms with E-state index in [1.807, 2.05) is 30.6 Å². The van der Waals surface area contributed by atoms with Gasteiger partial charge in [-0.3, -0.25) is 0 Å². The lowest BCUT2D eigenvalue weighted by Gasteiger charge is -2.22. The van der Waals surface area contributed by atoms with Crippen molar-refractivity contribution in [3.8, 4) is 0 Å². The van der Waals surface area contributed by atoms with Gasteiger partial charge in [-0.05, 0) is 25.0 Å². The van der Waals surface area contributed by atoms with Crippen molar-refractivity contribution in [1.29, 1.82) is 0 Å². The molecule has 21 heavy (non-hydrogen) atoms. The van der Waals surface area contributed by atoms with E-state index in [-0.39, 0.29) is 6.03 Å². The molecule has 0 aliphatic heterocycles. The van der Waals surface area contributed by atoms with Crippen molar-refractivity contribution < 1.29 is 4.79 Å². The van der Waals surface area contributed by atoms with Gasteiger partial charge in [0.2, 0.25) is 0 Å². The fraction of sp³-hybridized carbons (Fsp3) is 0.500. The number of rotatable bonds is 4. The van der Waals surface area contributed by atoms with Crippen LogP contribution in [0.25, 0.3) is 5.52 Å². The summed E-state index contributed by atoms with van der Waals surface area (Å²) in [6.07, 6.45) is 10.6. The third kappa shape index (κ3) is 3.54. The Hall–Kier alpha value is -2.04. The monoisotopic (exact) mass is 286 g/mol. The maximum atomic E-state index is 11.9. The van der Waals surface area contributed by atoms with Gasteiger partial charge in [-0.2, -0.15) is 0 Å². The van der Waals surface area contributed by atoms with Crippen LogP contribution < -0.4 is 10.6 Å². The molecule has 0 unspecified atom stereocenters. The SMILES string of the molecule is O=C(NCCc1ncc2ccccn12)NC1CCCCC1. The van der Waals surface area contributed by atoms with Crippen molar-refractivity contribution in [1.82, 2.24) is 20.0 Å². The third-order valence-electron chi connectivity index (χ3n) is 4.09. The van der Waals surface area contributed by atoms with Crippen LogP contribution >= 0.6 is 0 Å². The summed E-state index contributed by atoms with van der Waals surface area (Å²) in [5.41, 5.74) is 1.08. The quantitative estimate of drug-likeness (QED) is 0.907. The van der Waals surface area contributed by atoms with Gasteiger partial charge in [0.15, 0.2) is 0 Å². The summed E-state index contributed by atoms with van der Waals surface area (Å²) in [5.74, 6) is 0.976. The summed E-state index contributed by atoms with van der Waals surface area (Å²) in [6, 6.07) is 6.31. The minimum Gasteiger partial charge on any atom is -0.338 e. The number of urea groups is 1. The van der Waals surface area contributed by atoms with Crippen molar-refractivity contribution in [3.63, 3.8) is 0 Å². The predicted molar refractivity (Wildman–Crippen MR) is 82.3 cm³/mol. The summed E-state index contributed by atoms with van der Waals surface area (Å²) in [5, 5.41) is 5.99. The van der Waals surface area contributed by atoms with Crippen molar-refractivity contribution in [3.05, 3.63) is 36.4 Å². The fourth-order valence-electron chi connectivity index (χ4n) is 2.96. The number of amides is 2. The first-order valence-corrected chi connectivity index (χ1v) is 7.78. The number of fused-ring (bicyclic) bond motifs is 1. The smallest absolute Gasteiger partial charge is 0.315 e. The highest BCUT2D eigenvalue weighted by atomic mass is 16.2. The highest BCUT2D eigenvalue weighted by molar-refractivity contribution is 5.74. The lowest BCUT2D eigenvalue weighted by Crippen LogP contribution is -2.43. The van der Waals surface area contributed by atoms with E-state index in [4.69, 9.17) is 0 Å². The number of aromatic nitrogens is 2. The number of carbonyl (C=O) groups is 1. The Balaban J connectivity index is 1.46. The number of pyridine rings is 1. The summed E-state index contributed by atoms with van der Waals surface area (Å²) < 4.78 is 2.06. The number of nitrogens with one attached hydrogen (secondary N) is 2. The van der Waals surface area contributed by atoms with Crippen molar-refractivity contribution in [2.24, 2.45) is 0 Å². The standard InChI is InChI=1S/C16H22N4O/c21-16(19-13-6-2-1-3-7-13)17-10-9-15-18-12-14-8-4-5-11-20(14)15/h4-5,8,11-13H,1-3,6-7,9-10H2,(H2,17,19,21). The first kappa shape index (κ1) is 13.9. The van der Waals surface area contributed by atoms with Crippen LogP contribution in [0.4, 0.5) is 4.79 Å². The Kier molecular flexibility index (Phi) is 4.38. The largest absolute Gasteiger partial charge is 0.338 e. The molecule has 1 fully saturated rings.